The van der Waals surface area contributed by atoms with E-state index in [0.29, 0.717) is 0 Å². The van der Waals surface area contributed by atoms with Crippen LogP contribution in [0, 0.1) is 0 Å². The van der Waals surface area contributed by atoms with Crippen molar-refractivity contribution in [2.45, 2.75) is 48.2 Å². The summed E-state index contributed by atoms with van der Waals surface area (Å²) in [7, 11) is 0. The average Bonchev–Trinajstić information content (AvgIpc) is 3.15. The first-order valence-corrected chi connectivity index (χ1v) is 12.0. The fourth-order valence-corrected chi connectivity index (χ4v) is 88.0. The van der Waals surface area contributed by atoms with Gasteiger partial charge in [0.25, 0.3) is 0 Å². The summed E-state index contributed by atoms with van der Waals surface area (Å²) in [5.74, 6) is 0. The van der Waals surface area contributed by atoms with Gasteiger partial charge in [0, 0.05) is 0 Å². The molecular weight excluding hydrogens is 204 g/mol. The van der Waals surface area contributed by atoms with Crippen LogP contribution in [0.1, 0.15) is 0 Å². The van der Waals surface area contributed by atoms with Crippen molar-refractivity contribution in [1.29, 1.82) is 0 Å². The van der Waals surface area contributed by atoms with Crippen LogP contribution >= 0.6 is 0 Å². The Morgan fingerprint density at radius 3 is 0.692 bits per heavy atom. The Balaban J connectivity index is 0.000000212. The minimum absolute atomic E-state index is 1.59. The van der Waals surface area contributed by atoms with E-state index in [1.807, 2.05) is 6.79 Å². The molecular formula is C11H12FeO. The van der Waals surface area contributed by atoms with Crippen molar-refractivity contribution in [1.82, 2.24) is 0 Å². The molecule has 0 aromatic carbocycles. The number of rotatable bonds is 0. The van der Waals surface area contributed by atoms with Gasteiger partial charge in [-0.15, -0.1) is 0 Å². The van der Waals surface area contributed by atoms with Crippen LogP contribution in [0.5, 0.6) is 0 Å². The van der Waals surface area contributed by atoms with E-state index in [1.165, 1.54) is 0 Å². The maximum absolute atomic E-state index is 8.00. The third kappa shape index (κ3) is 0.0316. The van der Waals surface area contributed by atoms with E-state index in [0.717, 1.165) is 0 Å². The van der Waals surface area contributed by atoms with Crippen molar-refractivity contribution in [2.24, 2.45) is 0 Å². The Bertz CT molecular complexity index is 593. The van der Waals surface area contributed by atoms with Gasteiger partial charge in [-0.2, -0.15) is 0 Å². The first-order chi connectivity index (χ1) is 6.16. The monoisotopic (exact) mass is 216 g/mol. The molecule has 0 atom stereocenters. The normalized spacial score (nSPS) is 145. The van der Waals surface area contributed by atoms with Crippen molar-refractivity contribution in [3.63, 3.8) is 0 Å². The molecule has 0 unspecified atom stereocenters. The van der Waals surface area contributed by atoms with Gasteiger partial charge in [-0.25, -0.2) is 0 Å². The molecule has 10 heterocycles. The number of carbonyl (C=O) groups is 1. The van der Waals surface area contributed by atoms with E-state index in [1.54, 1.807) is 48.2 Å². The van der Waals surface area contributed by atoms with Crippen LogP contribution in [0.4, 0.5) is 0 Å². The van der Waals surface area contributed by atoms with Crippen molar-refractivity contribution in [2.75, 3.05) is 0 Å². The first-order valence-electron chi connectivity index (χ1n) is 5.66. The van der Waals surface area contributed by atoms with E-state index < -0.39 is 6.51 Å². The molecule has 0 bridgehead atoms. The van der Waals surface area contributed by atoms with Gasteiger partial charge in [-0.1, -0.05) is 0 Å². The number of hydrogen-bond acceptors (Lipinski definition) is 1. The van der Waals surface area contributed by atoms with Crippen molar-refractivity contribution < 1.29 is 11.3 Å². The third-order valence-corrected chi connectivity index (χ3v) is 56.5. The van der Waals surface area contributed by atoms with Gasteiger partial charge in [0.2, 0.25) is 0 Å². The van der Waals surface area contributed by atoms with E-state index in [-0.39, 0.29) is 0 Å². The second-order valence-electron chi connectivity index (χ2n) is 9.58. The summed E-state index contributed by atoms with van der Waals surface area (Å²) in [6.45, 7) is -0.283. The molecule has 10 aliphatic rings. The molecule has 13 heavy (non-hydrogen) atoms. The van der Waals surface area contributed by atoms with Crippen LogP contribution in [0.2, 0.25) is 48.2 Å². The molecule has 10 aliphatic heterocycles. The van der Waals surface area contributed by atoms with Gasteiger partial charge in [-0.3, -0.25) is 0 Å². The Morgan fingerprint density at radius 2 is 0.692 bits per heavy atom. The molecule has 10 saturated heterocycles. The third-order valence-electron chi connectivity index (χ3n) is 14.5. The second-order valence-corrected chi connectivity index (χ2v) is 33.5. The second kappa shape index (κ2) is 0.270. The van der Waals surface area contributed by atoms with Gasteiger partial charge in [-0.05, 0) is 0 Å². The van der Waals surface area contributed by atoms with Crippen LogP contribution < -0.4 is 0 Å². The van der Waals surface area contributed by atoms with E-state index in [2.05, 4.69) is 0 Å². The summed E-state index contributed by atoms with van der Waals surface area (Å²) in [4.78, 5) is 23.9. The van der Waals surface area contributed by atoms with Crippen LogP contribution in [0.15, 0.2) is 0 Å². The summed E-state index contributed by atoms with van der Waals surface area (Å²) < 4.78 is 0. The molecule has 10 fully saturated rings. The molecule has 0 saturated carbocycles. The van der Waals surface area contributed by atoms with Crippen molar-refractivity contribution in [3.05, 3.63) is 0 Å². The predicted octanol–water partition coefficient (Wildman–Crippen LogP) is 3.19. The van der Waals surface area contributed by atoms with Gasteiger partial charge >= 0.3 is 54.7 Å². The number of carbonyl (C=O) groups excluding carboxylic acids is 1. The Labute approximate surface area is 66.5 Å². The Kier molecular flexibility index (Phi) is 0.0906. The minimum atomic E-state index is -2.28. The summed E-state index contributed by atoms with van der Waals surface area (Å²) >= 11 is 0. The molecule has 70 valence electrons. The van der Waals surface area contributed by atoms with Gasteiger partial charge in [0.05, 0.1) is 0 Å². The average molecular weight is 216 g/mol. The fourth-order valence-electron chi connectivity index (χ4n) is 15.8. The molecule has 1 nitrogen and oxygen atoms in total. The summed E-state index contributed by atoms with van der Waals surface area (Å²) in [6.07, 6.45) is 0. The SMILES string of the molecule is C=O.[CH]12[CH]3[CH]4[CH]5[CH]1[Fe]23451678[CH]2[CH]1[CH]6[CH]7[CH]28. The van der Waals surface area contributed by atoms with Gasteiger partial charge in [0.1, 0.15) is 6.79 Å². The standard InChI is InChI=1S/2C5H5.CH2O.Fe/c2*1-2-4-5-3-1;1-2;/h2*1-5H;1H2;. The first kappa shape index (κ1) is 4.36. The maximum atomic E-state index is 8.00. The molecule has 0 amide bonds. The topological polar surface area (TPSA) is 17.1 Å². The molecule has 0 N–H and O–H groups in total. The van der Waals surface area contributed by atoms with Crippen LogP contribution in [0.3, 0.4) is 0 Å². The van der Waals surface area contributed by atoms with Crippen LogP contribution in [0.25, 0.3) is 0 Å². The fraction of sp³-hybridized carbons (Fsp3) is 0.909. The predicted molar refractivity (Wildman–Crippen MR) is 44.6 cm³/mol. The zero-order chi connectivity index (χ0) is 8.09. The van der Waals surface area contributed by atoms with Gasteiger partial charge < -0.3 is 4.79 Å². The molecule has 10 rings (SSSR count). The molecule has 0 aromatic rings. The zero-order valence-electron chi connectivity index (χ0n) is 7.24. The van der Waals surface area contributed by atoms with Gasteiger partial charge in [0.15, 0.2) is 0 Å². The number of hydrogen-bond donors (Lipinski definition) is 0. The molecule has 0 aromatic heterocycles. The molecule has 1 spiro atoms. The van der Waals surface area contributed by atoms with Crippen molar-refractivity contribution in [3.8, 4) is 0 Å². The Hall–Kier alpha value is 0.189. The van der Waals surface area contributed by atoms with E-state index in [4.69, 9.17) is 4.79 Å². The van der Waals surface area contributed by atoms with Crippen LogP contribution in [-0.4, -0.2) is 6.79 Å². The number of fused-ring (bicyclic) bond motifs is 10. The van der Waals surface area contributed by atoms with Crippen LogP contribution in [-0.2, 0) is 11.3 Å². The molecule has 0 radical (unpaired) electrons. The quantitative estimate of drug-likeness (QED) is 0.568. The molecule has 2 heteroatoms. The summed E-state index contributed by atoms with van der Waals surface area (Å²) in [5, 5.41) is 0. The zero-order valence-corrected chi connectivity index (χ0v) is 8.35. The van der Waals surface area contributed by atoms with E-state index in [9.17, 15) is 0 Å². The van der Waals surface area contributed by atoms with Crippen molar-refractivity contribution >= 4 is 6.79 Å². The molecule has 0 aliphatic carbocycles. The van der Waals surface area contributed by atoms with E-state index >= 15 is 0 Å². The summed E-state index contributed by atoms with van der Waals surface area (Å²) in [6, 6.07) is 0. The Morgan fingerprint density at radius 1 is 0.538 bits per heavy atom. The summed E-state index contributed by atoms with van der Waals surface area (Å²) in [5.41, 5.74) is 0.